The Morgan fingerprint density at radius 2 is 1.73 bits per heavy atom. The van der Waals surface area contributed by atoms with E-state index in [1.807, 2.05) is 50.2 Å². The molecule has 0 saturated heterocycles. The third-order valence-corrected chi connectivity index (χ3v) is 7.48. The lowest BCUT2D eigenvalue weighted by atomic mass is 9.95. The van der Waals surface area contributed by atoms with Gasteiger partial charge in [-0.2, -0.15) is 0 Å². The van der Waals surface area contributed by atoms with E-state index >= 15 is 0 Å². The van der Waals surface area contributed by atoms with Crippen molar-refractivity contribution in [3.63, 3.8) is 0 Å². The molecule has 0 unspecified atom stereocenters. The Hall–Kier alpha value is -1.98. The van der Waals surface area contributed by atoms with Crippen LogP contribution in [0.15, 0.2) is 53.4 Å². The van der Waals surface area contributed by atoms with Gasteiger partial charge in [-0.15, -0.1) is 11.8 Å². The molecule has 33 heavy (non-hydrogen) atoms. The minimum atomic E-state index is -0.457. The fraction of sp³-hybridized carbons (Fsp3) is 0.481. The fourth-order valence-corrected chi connectivity index (χ4v) is 5.25. The molecule has 1 saturated carbocycles. The Kier molecular flexibility index (Phi) is 10.1. The van der Waals surface area contributed by atoms with Crippen LogP contribution in [0, 0.1) is 6.92 Å². The van der Waals surface area contributed by atoms with Crippen molar-refractivity contribution in [3.8, 4) is 0 Å². The number of nitrogens with zero attached hydrogens (tertiary/aromatic N) is 1. The smallest absolute Gasteiger partial charge is 0.243 e. The maximum absolute atomic E-state index is 13.4. The van der Waals surface area contributed by atoms with E-state index in [0.717, 1.165) is 36.1 Å². The SMILES string of the molecule is CC[C@H](C(=O)NC1CCCCC1)N(Cc1ccc(C)cc1)C(=O)CCSc1ccc(Cl)cc1. The Bertz CT molecular complexity index is 895. The lowest BCUT2D eigenvalue weighted by molar-refractivity contribution is -0.141. The highest BCUT2D eigenvalue weighted by molar-refractivity contribution is 7.99. The molecular formula is C27H35ClN2O2S. The molecule has 1 atom stereocenters. The number of thioether (sulfide) groups is 1. The lowest BCUT2D eigenvalue weighted by Gasteiger charge is -2.33. The summed E-state index contributed by atoms with van der Waals surface area (Å²) in [4.78, 5) is 29.5. The van der Waals surface area contributed by atoms with Crippen LogP contribution in [0.4, 0.5) is 0 Å². The zero-order valence-corrected chi connectivity index (χ0v) is 21.3. The van der Waals surface area contributed by atoms with Crippen molar-refractivity contribution in [3.05, 3.63) is 64.7 Å². The lowest BCUT2D eigenvalue weighted by Crippen LogP contribution is -2.51. The maximum Gasteiger partial charge on any atom is 0.243 e. The standard InChI is InChI=1S/C27H35ClN2O2S/c1-3-25(27(32)29-23-7-5-4-6-8-23)30(19-21-11-9-20(2)10-12-21)26(31)17-18-33-24-15-13-22(28)14-16-24/h9-16,23,25H,3-8,17-19H2,1-2H3,(H,29,32)/t25-/m1/s1. The maximum atomic E-state index is 13.4. The second-order valence-corrected chi connectivity index (χ2v) is 10.4. The van der Waals surface area contributed by atoms with Gasteiger partial charge in [-0.05, 0) is 56.0 Å². The van der Waals surface area contributed by atoms with Crippen LogP contribution in [0.3, 0.4) is 0 Å². The number of rotatable bonds is 10. The van der Waals surface area contributed by atoms with Crippen LogP contribution >= 0.6 is 23.4 Å². The third kappa shape index (κ3) is 8.08. The Labute approximate surface area is 207 Å². The van der Waals surface area contributed by atoms with E-state index in [1.54, 1.807) is 16.7 Å². The van der Waals surface area contributed by atoms with Gasteiger partial charge in [0.15, 0.2) is 0 Å². The van der Waals surface area contributed by atoms with Crippen molar-refractivity contribution in [2.75, 3.05) is 5.75 Å². The average molecular weight is 487 g/mol. The van der Waals surface area contributed by atoms with Gasteiger partial charge in [-0.25, -0.2) is 0 Å². The summed E-state index contributed by atoms with van der Waals surface area (Å²) >= 11 is 7.60. The largest absolute Gasteiger partial charge is 0.352 e. The monoisotopic (exact) mass is 486 g/mol. The van der Waals surface area contributed by atoms with Gasteiger partial charge in [0, 0.05) is 34.7 Å². The highest BCUT2D eigenvalue weighted by atomic mass is 35.5. The molecule has 0 radical (unpaired) electrons. The molecule has 2 amide bonds. The summed E-state index contributed by atoms with van der Waals surface area (Å²) < 4.78 is 0. The van der Waals surface area contributed by atoms with Gasteiger partial charge in [0.1, 0.15) is 6.04 Å². The second-order valence-electron chi connectivity index (χ2n) is 8.83. The van der Waals surface area contributed by atoms with Crippen molar-refractivity contribution in [1.29, 1.82) is 0 Å². The van der Waals surface area contributed by atoms with Crippen LogP contribution in [0.2, 0.25) is 5.02 Å². The predicted octanol–water partition coefficient (Wildman–Crippen LogP) is 6.39. The Balaban J connectivity index is 1.68. The fourth-order valence-electron chi connectivity index (χ4n) is 4.28. The first-order chi connectivity index (χ1) is 16.0. The van der Waals surface area contributed by atoms with E-state index in [1.165, 1.54) is 12.0 Å². The van der Waals surface area contributed by atoms with Gasteiger partial charge in [0.2, 0.25) is 11.8 Å². The van der Waals surface area contributed by atoms with Crippen molar-refractivity contribution in [2.45, 2.75) is 82.3 Å². The van der Waals surface area contributed by atoms with Gasteiger partial charge in [0.25, 0.3) is 0 Å². The van der Waals surface area contributed by atoms with Crippen LogP contribution in [-0.4, -0.2) is 34.6 Å². The molecule has 2 aromatic rings. The van der Waals surface area contributed by atoms with Crippen LogP contribution < -0.4 is 5.32 Å². The highest BCUT2D eigenvalue weighted by Crippen LogP contribution is 2.23. The zero-order chi connectivity index (χ0) is 23.6. The second kappa shape index (κ2) is 13.0. The first kappa shape index (κ1) is 25.6. The number of halogens is 1. The van der Waals surface area contributed by atoms with Crippen molar-refractivity contribution < 1.29 is 9.59 Å². The topological polar surface area (TPSA) is 49.4 Å². The number of hydrogen-bond acceptors (Lipinski definition) is 3. The third-order valence-electron chi connectivity index (χ3n) is 6.21. The summed E-state index contributed by atoms with van der Waals surface area (Å²) in [6.07, 6.45) is 6.61. The molecular weight excluding hydrogens is 452 g/mol. The first-order valence-corrected chi connectivity index (χ1v) is 13.4. The number of amides is 2. The van der Waals surface area contributed by atoms with Crippen LogP contribution in [0.25, 0.3) is 0 Å². The Morgan fingerprint density at radius 1 is 1.06 bits per heavy atom. The minimum absolute atomic E-state index is 0.0164. The van der Waals surface area contributed by atoms with Gasteiger partial charge < -0.3 is 10.2 Å². The molecule has 4 nitrogen and oxygen atoms in total. The predicted molar refractivity (Wildman–Crippen MR) is 138 cm³/mol. The summed E-state index contributed by atoms with van der Waals surface area (Å²) in [7, 11) is 0. The number of nitrogens with one attached hydrogen (secondary N) is 1. The van der Waals surface area contributed by atoms with Crippen LogP contribution in [0.5, 0.6) is 0 Å². The van der Waals surface area contributed by atoms with Gasteiger partial charge in [0.05, 0.1) is 0 Å². The molecule has 0 aliphatic heterocycles. The molecule has 0 bridgehead atoms. The van der Waals surface area contributed by atoms with Gasteiger partial charge >= 0.3 is 0 Å². The average Bonchev–Trinajstić information content (AvgIpc) is 2.82. The molecule has 6 heteroatoms. The summed E-state index contributed by atoms with van der Waals surface area (Å²) in [6, 6.07) is 15.6. The van der Waals surface area contributed by atoms with E-state index in [2.05, 4.69) is 17.4 Å². The van der Waals surface area contributed by atoms with Crippen LogP contribution in [-0.2, 0) is 16.1 Å². The molecule has 3 rings (SSSR count). The van der Waals surface area contributed by atoms with E-state index < -0.39 is 6.04 Å². The summed E-state index contributed by atoms with van der Waals surface area (Å²) in [6.45, 7) is 4.48. The normalized spacial score (nSPS) is 15.1. The number of hydrogen-bond donors (Lipinski definition) is 1. The van der Waals surface area contributed by atoms with E-state index in [0.29, 0.717) is 30.2 Å². The number of aryl methyl sites for hydroxylation is 1. The first-order valence-electron chi connectivity index (χ1n) is 12.0. The van der Waals surface area contributed by atoms with E-state index in [4.69, 9.17) is 11.6 Å². The van der Waals surface area contributed by atoms with Crippen LogP contribution in [0.1, 0.15) is 63.0 Å². The van der Waals surface area contributed by atoms with Crippen molar-refractivity contribution in [2.24, 2.45) is 0 Å². The zero-order valence-electron chi connectivity index (χ0n) is 19.7. The number of benzene rings is 2. The molecule has 0 spiro atoms. The Morgan fingerprint density at radius 3 is 2.36 bits per heavy atom. The molecule has 178 valence electrons. The highest BCUT2D eigenvalue weighted by Gasteiger charge is 2.30. The molecule has 1 fully saturated rings. The van der Waals surface area contributed by atoms with Gasteiger partial charge in [-0.1, -0.05) is 67.6 Å². The summed E-state index contributed by atoms with van der Waals surface area (Å²) in [5.41, 5.74) is 2.22. The number of carbonyl (C=O) groups is 2. The summed E-state index contributed by atoms with van der Waals surface area (Å²) in [5, 5.41) is 3.94. The molecule has 2 aromatic carbocycles. The van der Waals surface area contributed by atoms with Crippen molar-refractivity contribution in [1.82, 2.24) is 10.2 Å². The minimum Gasteiger partial charge on any atom is -0.352 e. The van der Waals surface area contributed by atoms with E-state index in [9.17, 15) is 9.59 Å². The van der Waals surface area contributed by atoms with Crippen molar-refractivity contribution >= 4 is 35.2 Å². The van der Waals surface area contributed by atoms with E-state index in [-0.39, 0.29) is 17.9 Å². The van der Waals surface area contributed by atoms with Gasteiger partial charge in [-0.3, -0.25) is 9.59 Å². The summed E-state index contributed by atoms with van der Waals surface area (Å²) in [5.74, 6) is 0.656. The molecule has 1 aliphatic rings. The molecule has 0 heterocycles. The quantitative estimate of drug-likeness (QED) is 0.396. The molecule has 0 aromatic heterocycles. The number of carbonyl (C=O) groups excluding carboxylic acids is 2. The molecule has 1 N–H and O–H groups in total. The molecule has 1 aliphatic carbocycles.